The van der Waals surface area contributed by atoms with E-state index in [4.69, 9.17) is 15.0 Å². The fourth-order valence-corrected chi connectivity index (χ4v) is 1.62. The standard InChI is InChI=1S/C12H19N5O2/c1-7-9(10(13)16-15-7)11-14-8(17-19-11)5-6-18-12(2,3)4/h5-6H2,1-4H3,(H3,13,15,16). The average molecular weight is 265 g/mol. The average Bonchev–Trinajstić information content (AvgIpc) is 2.85. The van der Waals surface area contributed by atoms with Gasteiger partial charge in [-0.1, -0.05) is 5.16 Å². The molecule has 7 nitrogen and oxygen atoms in total. The molecule has 104 valence electrons. The van der Waals surface area contributed by atoms with Crippen molar-refractivity contribution in [2.75, 3.05) is 12.3 Å². The highest BCUT2D eigenvalue weighted by molar-refractivity contribution is 5.69. The molecule has 2 heterocycles. The van der Waals surface area contributed by atoms with Crippen molar-refractivity contribution in [1.29, 1.82) is 0 Å². The summed E-state index contributed by atoms with van der Waals surface area (Å²) in [5, 5.41) is 10.6. The van der Waals surface area contributed by atoms with Crippen molar-refractivity contribution in [2.45, 2.75) is 39.7 Å². The number of aromatic nitrogens is 4. The quantitative estimate of drug-likeness (QED) is 0.872. The van der Waals surface area contributed by atoms with E-state index in [9.17, 15) is 0 Å². The van der Waals surface area contributed by atoms with Crippen LogP contribution in [0.5, 0.6) is 0 Å². The molecule has 2 rings (SSSR count). The van der Waals surface area contributed by atoms with Crippen LogP contribution >= 0.6 is 0 Å². The normalized spacial score (nSPS) is 12.0. The zero-order valence-electron chi connectivity index (χ0n) is 11.6. The Bertz CT molecular complexity index is 533. The van der Waals surface area contributed by atoms with Crippen LogP contribution in [0.15, 0.2) is 4.52 Å². The van der Waals surface area contributed by atoms with Crippen LogP contribution in [0.1, 0.15) is 32.3 Å². The molecule has 0 spiro atoms. The van der Waals surface area contributed by atoms with Gasteiger partial charge in [0.1, 0.15) is 5.56 Å². The number of aryl methyl sites for hydroxylation is 1. The van der Waals surface area contributed by atoms with E-state index in [1.165, 1.54) is 0 Å². The Kier molecular flexibility index (Phi) is 3.57. The molecule has 0 amide bonds. The maximum absolute atomic E-state index is 5.75. The van der Waals surface area contributed by atoms with Crippen LogP contribution in [0.3, 0.4) is 0 Å². The Labute approximate surface area is 111 Å². The third kappa shape index (κ3) is 3.31. The van der Waals surface area contributed by atoms with Gasteiger partial charge in [-0.25, -0.2) is 0 Å². The van der Waals surface area contributed by atoms with Gasteiger partial charge >= 0.3 is 0 Å². The Hall–Kier alpha value is -1.89. The number of nitrogen functional groups attached to an aromatic ring is 1. The number of hydrogen-bond acceptors (Lipinski definition) is 6. The Morgan fingerprint density at radius 1 is 1.37 bits per heavy atom. The zero-order chi connectivity index (χ0) is 14.0. The van der Waals surface area contributed by atoms with Gasteiger partial charge in [-0.2, -0.15) is 10.1 Å². The minimum atomic E-state index is -0.169. The summed E-state index contributed by atoms with van der Waals surface area (Å²) < 4.78 is 10.8. The van der Waals surface area contributed by atoms with Gasteiger partial charge < -0.3 is 15.0 Å². The fraction of sp³-hybridized carbons (Fsp3) is 0.583. The minimum absolute atomic E-state index is 0.169. The third-order valence-corrected chi connectivity index (χ3v) is 2.52. The number of ether oxygens (including phenoxy) is 1. The number of H-pyrrole nitrogens is 1. The van der Waals surface area contributed by atoms with E-state index in [2.05, 4.69) is 20.3 Å². The molecule has 0 aromatic carbocycles. The van der Waals surface area contributed by atoms with Crippen molar-refractivity contribution in [3.05, 3.63) is 11.5 Å². The van der Waals surface area contributed by atoms with Crippen LogP contribution in [0, 0.1) is 6.92 Å². The molecule has 7 heteroatoms. The van der Waals surface area contributed by atoms with Crippen molar-refractivity contribution in [1.82, 2.24) is 20.3 Å². The van der Waals surface area contributed by atoms with Gasteiger partial charge in [0.2, 0.25) is 0 Å². The van der Waals surface area contributed by atoms with E-state index in [1.54, 1.807) is 0 Å². The highest BCUT2D eigenvalue weighted by atomic mass is 16.5. The Morgan fingerprint density at radius 2 is 2.11 bits per heavy atom. The summed E-state index contributed by atoms with van der Waals surface area (Å²) in [7, 11) is 0. The molecule has 2 aromatic rings. The molecule has 3 N–H and O–H groups in total. The summed E-state index contributed by atoms with van der Waals surface area (Å²) in [5.74, 6) is 1.34. The number of hydrogen-bond donors (Lipinski definition) is 2. The van der Waals surface area contributed by atoms with Crippen molar-refractivity contribution in [3.63, 3.8) is 0 Å². The maximum Gasteiger partial charge on any atom is 0.263 e. The molecule has 19 heavy (non-hydrogen) atoms. The summed E-state index contributed by atoms with van der Waals surface area (Å²) >= 11 is 0. The lowest BCUT2D eigenvalue weighted by Gasteiger charge is -2.18. The highest BCUT2D eigenvalue weighted by Crippen LogP contribution is 2.25. The van der Waals surface area contributed by atoms with E-state index in [0.717, 1.165) is 5.69 Å². The first kappa shape index (κ1) is 13.5. The first-order chi connectivity index (χ1) is 8.87. The van der Waals surface area contributed by atoms with Gasteiger partial charge in [-0.05, 0) is 27.7 Å². The highest BCUT2D eigenvalue weighted by Gasteiger charge is 2.17. The molecule has 0 atom stereocenters. The summed E-state index contributed by atoms with van der Waals surface area (Å²) in [6.07, 6.45) is 0.595. The second-order valence-corrected chi connectivity index (χ2v) is 5.34. The van der Waals surface area contributed by atoms with Gasteiger partial charge in [0.05, 0.1) is 12.2 Å². The number of nitrogens with zero attached hydrogens (tertiary/aromatic N) is 3. The van der Waals surface area contributed by atoms with E-state index < -0.39 is 0 Å². The smallest absolute Gasteiger partial charge is 0.263 e. The van der Waals surface area contributed by atoms with Crippen LogP contribution in [-0.2, 0) is 11.2 Å². The predicted molar refractivity (Wildman–Crippen MR) is 70.4 cm³/mol. The van der Waals surface area contributed by atoms with Gasteiger partial charge in [0.15, 0.2) is 11.6 Å². The Balaban J connectivity index is 2.04. The van der Waals surface area contributed by atoms with Gasteiger partial charge in [-0.15, -0.1) is 0 Å². The number of anilines is 1. The zero-order valence-corrected chi connectivity index (χ0v) is 11.6. The van der Waals surface area contributed by atoms with Gasteiger partial charge in [0.25, 0.3) is 5.89 Å². The van der Waals surface area contributed by atoms with Crippen LogP contribution in [0.25, 0.3) is 11.5 Å². The van der Waals surface area contributed by atoms with E-state index in [1.807, 2.05) is 27.7 Å². The number of rotatable bonds is 4. The summed E-state index contributed by atoms with van der Waals surface area (Å²) in [6.45, 7) is 8.41. The Morgan fingerprint density at radius 3 is 2.68 bits per heavy atom. The van der Waals surface area contributed by atoms with Crippen molar-refractivity contribution in [2.24, 2.45) is 0 Å². The lowest BCUT2D eigenvalue weighted by molar-refractivity contribution is -0.00173. The molecule has 0 saturated heterocycles. The number of nitrogens with one attached hydrogen (secondary N) is 1. The minimum Gasteiger partial charge on any atom is -0.382 e. The third-order valence-electron chi connectivity index (χ3n) is 2.52. The molecule has 2 aromatic heterocycles. The first-order valence-corrected chi connectivity index (χ1v) is 6.14. The first-order valence-electron chi connectivity index (χ1n) is 6.14. The second kappa shape index (κ2) is 5.00. The van der Waals surface area contributed by atoms with Crippen LogP contribution in [-0.4, -0.2) is 32.5 Å². The van der Waals surface area contributed by atoms with Crippen molar-refractivity contribution >= 4 is 5.82 Å². The number of nitrogens with two attached hydrogens (primary N) is 1. The lowest BCUT2D eigenvalue weighted by Crippen LogP contribution is -2.20. The fourth-order valence-electron chi connectivity index (χ4n) is 1.62. The predicted octanol–water partition coefficient (Wildman–Crippen LogP) is 1.71. The molecule has 0 bridgehead atoms. The van der Waals surface area contributed by atoms with Crippen LogP contribution in [0.4, 0.5) is 5.82 Å². The molecule has 0 aliphatic carbocycles. The molecular weight excluding hydrogens is 246 g/mol. The van der Waals surface area contributed by atoms with Crippen molar-refractivity contribution in [3.8, 4) is 11.5 Å². The molecule has 0 unspecified atom stereocenters. The SMILES string of the molecule is Cc1[nH]nc(N)c1-c1nc(CCOC(C)(C)C)no1. The van der Waals surface area contributed by atoms with E-state index in [0.29, 0.717) is 36.1 Å². The van der Waals surface area contributed by atoms with Crippen LogP contribution < -0.4 is 5.73 Å². The van der Waals surface area contributed by atoms with Crippen LogP contribution in [0.2, 0.25) is 0 Å². The molecular formula is C12H19N5O2. The monoisotopic (exact) mass is 265 g/mol. The molecule has 0 radical (unpaired) electrons. The van der Waals surface area contributed by atoms with Gasteiger partial charge in [0, 0.05) is 12.1 Å². The van der Waals surface area contributed by atoms with Crippen molar-refractivity contribution < 1.29 is 9.26 Å². The maximum atomic E-state index is 5.75. The van der Waals surface area contributed by atoms with E-state index >= 15 is 0 Å². The topological polar surface area (TPSA) is 103 Å². The summed E-state index contributed by atoms with van der Waals surface area (Å²) in [4.78, 5) is 4.30. The molecule has 0 aliphatic rings. The molecule has 0 saturated carbocycles. The molecule has 0 aliphatic heterocycles. The summed E-state index contributed by atoms with van der Waals surface area (Å²) in [6, 6.07) is 0. The van der Waals surface area contributed by atoms with Gasteiger partial charge in [-0.3, -0.25) is 5.10 Å². The summed E-state index contributed by atoms with van der Waals surface area (Å²) in [5.41, 5.74) is 7.04. The largest absolute Gasteiger partial charge is 0.382 e. The van der Waals surface area contributed by atoms with E-state index in [-0.39, 0.29) is 5.60 Å². The number of aromatic amines is 1. The molecule has 0 fully saturated rings. The lowest BCUT2D eigenvalue weighted by atomic mass is 10.2. The second-order valence-electron chi connectivity index (χ2n) is 5.34.